The Morgan fingerprint density at radius 1 is 1.47 bits per heavy atom. The van der Waals surface area contributed by atoms with Gasteiger partial charge in [-0.1, -0.05) is 13.8 Å². The Labute approximate surface area is 92.1 Å². The summed E-state index contributed by atoms with van der Waals surface area (Å²) in [6.45, 7) is 6.91. The van der Waals surface area contributed by atoms with Crippen molar-refractivity contribution in [2.45, 2.75) is 32.6 Å². The van der Waals surface area contributed by atoms with Crippen molar-refractivity contribution in [3.8, 4) is 0 Å². The molecule has 2 unspecified atom stereocenters. The number of piperidine rings is 1. The molecule has 0 aliphatic carbocycles. The summed E-state index contributed by atoms with van der Waals surface area (Å²) in [5.74, 6) is 3.14. The molecular weight excluding hydrogens is 186 g/mol. The molecule has 0 aromatic carbocycles. The Bertz CT molecular complexity index is 273. The molecule has 15 heavy (non-hydrogen) atoms. The number of nitrogens with one attached hydrogen (secondary N) is 1. The van der Waals surface area contributed by atoms with Crippen molar-refractivity contribution in [3.05, 3.63) is 24.2 Å². The molecule has 2 nitrogen and oxygen atoms in total. The van der Waals surface area contributed by atoms with E-state index in [1.165, 1.54) is 25.1 Å². The van der Waals surface area contributed by atoms with Gasteiger partial charge in [0, 0.05) is 5.92 Å². The van der Waals surface area contributed by atoms with Crippen LogP contribution in [0.3, 0.4) is 0 Å². The van der Waals surface area contributed by atoms with E-state index in [9.17, 15) is 0 Å². The fourth-order valence-corrected chi connectivity index (χ4v) is 2.77. The zero-order chi connectivity index (χ0) is 10.7. The van der Waals surface area contributed by atoms with E-state index in [1.54, 1.807) is 6.26 Å². The van der Waals surface area contributed by atoms with Crippen LogP contribution in [0.25, 0.3) is 0 Å². The van der Waals surface area contributed by atoms with Crippen LogP contribution in [-0.4, -0.2) is 13.1 Å². The van der Waals surface area contributed by atoms with Gasteiger partial charge in [-0.3, -0.25) is 0 Å². The summed E-state index contributed by atoms with van der Waals surface area (Å²) in [5, 5.41) is 3.49. The largest absolute Gasteiger partial charge is 0.469 e. The molecule has 2 heteroatoms. The average Bonchev–Trinajstić information content (AvgIpc) is 2.72. The molecule has 0 amide bonds. The third-order valence-corrected chi connectivity index (χ3v) is 3.43. The lowest BCUT2D eigenvalue weighted by Gasteiger charge is -2.32. The zero-order valence-electron chi connectivity index (χ0n) is 9.70. The molecule has 1 aliphatic heterocycles. The second-order valence-corrected chi connectivity index (χ2v) is 4.89. The maximum Gasteiger partial charge on any atom is 0.107 e. The fourth-order valence-electron chi connectivity index (χ4n) is 2.77. The molecule has 1 aromatic rings. The average molecular weight is 207 g/mol. The Morgan fingerprint density at radius 2 is 2.33 bits per heavy atom. The summed E-state index contributed by atoms with van der Waals surface area (Å²) in [5.41, 5.74) is 0. The van der Waals surface area contributed by atoms with Crippen molar-refractivity contribution >= 4 is 0 Å². The Morgan fingerprint density at radius 3 is 2.87 bits per heavy atom. The summed E-state index contributed by atoms with van der Waals surface area (Å²) in [7, 11) is 0. The van der Waals surface area contributed by atoms with Gasteiger partial charge in [-0.05, 0) is 49.9 Å². The van der Waals surface area contributed by atoms with Crippen molar-refractivity contribution in [3.63, 3.8) is 0 Å². The van der Waals surface area contributed by atoms with E-state index in [-0.39, 0.29) is 0 Å². The highest BCUT2D eigenvalue weighted by molar-refractivity contribution is 5.08. The van der Waals surface area contributed by atoms with Gasteiger partial charge in [0.15, 0.2) is 0 Å². The molecule has 1 N–H and O–H groups in total. The predicted molar refractivity (Wildman–Crippen MR) is 61.9 cm³/mol. The third-order valence-electron chi connectivity index (χ3n) is 3.43. The maximum atomic E-state index is 5.58. The molecule has 2 atom stereocenters. The first-order chi connectivity index (χ1) is 7.29. The van der Waals surface area contributed by atoms with E-state index < -0.39 is 0 Å². The molecule has 1 saturated heterocycles. The second-order valence-electron chi connectivity index (χ2n) is 4.89. The van der Waals surface area contributed by atoms with E-state index >= 15 is 0 Å². The van der Waals surface area contributed by atoms with Crippen LogP contribution in [0.15, 0.2) is 22.8 Å². The molecule has 1 aliphatic rings. The normalized spacial score (nSPS) is 24.3. The van der Waals surface area contributed by atoms with Crippen LogP contribution < -0.4 is 5.32 Å². The van der Waals surface area contributed by atoms with Crippen molar-refractivity contribution < 1.29 is 4.42 Å². The van der Waals surface area contributed by atoms with Crippen LogP contribution in [0.2, 0.25) is 0 Å². The highest BCUT2D eigenvalue weighted by atomic mass is 16.3. The van der Waals surface area contributed by atoms with Gasteiger partial charge < -0.3 is 9.73 Å². The van der Waals surface area contributed by atoms with E-state index in [4.69, 9.17) is 4.42 Å². The smallest absolute Gasteiger partial charge is 0.107 e. The van der Waals surface area contributed by atoms with Crippen molar-refractivity contribution in [1.29, 1.82) is 0 Å². The Hall–Kier alpha value is -0.760. The van der Waals surface area contributed by atoms with E-state index in [2.05, 4.69) is 25.2 Å². The van der Waals surface area contributed by atoms with Crippen molar-refractivity contribution in [2.75, 3.05) is 13.1 Å². The van der Waals surface area contributed by atoms with Gasteiger partial charge in [-0.15, -0.1) is 0 Å². The highest BCUT2D eigenvalue weighted by Crippen LogP contribution is 2.35. The summed E-state index contributed by atoms with van der Waals surface area (Å²) < 4.78 is 5.58. The fraction of sp³-hybridized carbons (Fsp3) is 0.692. The van der Waals surface area contributed by atoms with Gasteiger partial charge in [-0.2, -0.15) is 0 Å². The quantitative estimate of drug-likeness (QED) is 0.824. The van der Waals surface area contributed by atoms with Crippen LogP contribution in [-0.2, 0) is 0 Å². The van der Waals surface area contributed by atoms with Gasteiger partial charge >= 0.3 is 0 Å². The van der Waals surface area contributed by atoms with Crippen LogP contribution >= 0.6 is 0 Å². The SMILES string of the molecule is CC(C)C(c1ccco1)C1CCCNC1. The van der Waals surface area contributed by atoms with Crippen LogP contribution in [0.5, 0.6) is 0 Å². The lowest BCUT2D eigenvalue weighted by atomic mass is 9.78. The molecule has 2 heterocycles. The number of hydrogen-bond acceptors (Lipinski definition) is 2. The maximum absolute atomic E-state index is 5.58. The number of rotatable bonds is 3. The number of furan rings is 1. The first-order valence-corrected chi connectivity index (χ1v) is 6.03. The molecule has 0 radical (unpaired) electrons. The lowest BCUT2D eigenvalue weighted by molar-refractivity contribution is 0.246. The predicted octanol–water partition coefficient (Wildman–Crippen LogP) is 3.02. The van der Waals surface area contributed by atoms with Gasteiger partial charge in [0.2, 0.25) is 0 Å². The zero-order valence-corrected chi connectivity index (χ0v) is 9.70. The van der Waals surface area contributed by atoms with E-state index in [0.29, 0.717) is 11.8 Å². The highest BCUT2D eigenvalue weighted by Gasteiger charge is 2.29. The van der Waals surface area contributed by atoms with Crippen LogP contribution in [0.4, 0.5) is 0 Å². The molecule has 2 rings (SSSR count). The van der Waals surface area contributed by atoms with Crippen molar-refractivity contribution in [1.82, 2.24) is 5.32 Å². The number of hydrogen-bond donors (Lipinski definition) is 1. The minimum atomic E-state index is 0.577. The molecule has 84 valence electrons. The third kappa shape index (κ3) is 2.43. The molecule has 1 aromatic heterocycles. The molecule has 0 saturated carbocycles. The van der Waals surface area contributed by atoms with Gasteiger partial charge in [-0.25, -0.2) is 0 Å². The standard InChI is InChI=1S/C13H21NO/c1-10(2)13(12-6-4-8-15-12)11-5-3-7-14-9-11/h4,6,8,10-11,13-14H,3,5,7,9H2,1-2H3. The molecule has 0 bridgehead atoms. The van der Waals surface area contributed by atoms with Gasteiger partial charge in [0.25, 0.3) is 0 Å². The molecule has 0 spiro atoms. The lowest BCUT2D eigenvalue weighted by Crippen LogP contribution is -2.34. The minimum Gasteiger partial charge on any atom is -0.469 e. The summed E-state index contributed by atoms with van der Waals surface area (Å²) in [6, 6.07) is 4.13. The Balaban J connectivity index is 2.12. The topological polar surface area (TPSA) is 25.2 Å². The summed E-state index contributed by atoms with van der Waals surface area (Å²) >= 11 is 0. The minimum absolute atomic E-state index is 0.577. The summed E-state index contributed by atoms with van der Waals surface area (Å²) in [4.78, 5) is 0. The molecular formula is C13H21NO. The first-order valence-electron chi connectivity index (χ1n) is 6.03. The van der Waals surface area contributed by atoms with E-state index in [0.717, 1.165) is 12.5 Å². The van der Waals surface area contributed by atoms with Gasteiger partial charge in [0.05, 0.1) is 6.26 Å². The van der Waals surface area contributed by atoms with Crippen LogP contribution in [0, 0.1) is 11.8 Å². The first kappa shape index (κ1) is 10.7. The van der Waals surface area contributed by atoms with E-state index in [1.807, 2.05) is 6.07 Å². The van der Waals surface area contributed by atoms with Crippen LogP contribution in [0.1, 0.15) is 38.4 Å². The molecule has 1 fully saturated rings. The monoisotopic (exact) mass is 207 g/mol. The second kappa shape index (κ2) is 4.84. The summed E-state index contributed by atoms with van der Waals surface area (Å²) in [6.07, 6.45) is 4.42. The van der Waals surface area contributed by atoms with Gasteiger partial charge in [0.1, 0.15) is 5.76 Å². The van der Waals surface area contributed by atoms with Crippen molar-refractivity contribution in [2.24, 2.45) is 11.8 Å². The Kier molecular flexibility index (Phi) is 3.47.